The van der Waals surface area contributed by atoms with Crippen molar-refractivity contribution < 1.29 is 9.59 Å². The van der Waals surface area contributed by atoms with Crippen molar-refractivity contribution in [2.45, 2.75) is 26.2 Å². The lowest BCUT2D eigenvalue weighted by Gasteiger charge is -2.31. The number of anilines is 1. The molecule has 1 fully saturated rings. The lowest BCUT2D eigenvalue weighted by molar-refractivity contribution is -0.122. The van der Waals surface area contributed by atoms with Gasteiger partial charge in [-0.1, -0.05) is 19.1 Å². The van der Waals surface area contributed by atoms with E-state index in [9.17, 15) is 9.59 Å². The van der Waals surface area contributed by atoms with E-state index in [1.54, 1.807) is 13.8 Å². The quantitative estimate of drug-likeness (QED) is 0.762. The lowest BCUT2D eigenvalue weighted by atomic mass is 9.84. The van der Waals surface area contributed by atoms with Crippen molar-refractivity contribution in [2.24, 2.45) is 17.6 Å². The fourth-order valence-corrected chi connectivity index (χ4v) is 2.25. The summed E-state index contributed by atoms with van der Waals surface area (Å²) in [6, 6.07) is 7.28. The Morgan fingerprint density at radius 2 is 1.86 bits per heavy atom. The summed E-state index contributed by atoms with van der Waals surface area (Å²) in [7, 11) is 0. The minimum atomic E-state index is -0.715. The molecule has 1 heterocycles. The molecule has 0 spiro atoms. The molecule has 1 unspecified atom stereocenters. The summed E-state index contributed by atoms with van der Waals surface area (Å²) in [6.07, 6.45) is 0. The van der Waals surface area contributed by atoms with Gasteiger partial charge >= 0.3 is 0 Å². The van der Waals surface area contributed by atoms with Crippen LogP contribution in [0, 0.1) is 11.8 Å². The van der Waals surface area contributed by atoms with E-state index < -0.39 is 5.41 Å². The van der Waals surface area contributed by atoms with Crippen LogP contribution in [0.15, 0.2) is 24.3 Å². The Morgan fingerprint density at radius 1 is 1.29 bits per heavy atom. The number of amides is 2. The molecule has 0 aliphatic carbocycles. The molecule has 1 aromatic carbocycles. The monoisotopic (exact) mass is 289 g/mol. The number of carbonyl (C=O) groups excluding carboxylic acids is 2. The van der Waals surface area contributed by atoms with Gasteiger partial charge in [0.2, 0.25) is 11.8 Å². The van der Waals surface area contributed by atoms with Crippen LogP contribution in [0.5, 0.6) is 0 Å². The number of nitrogens with one attached hydrogen (secondary N) is 2. The minimum Gasteiger partial charge on any atom is -0.369 e. The van der Waals surface area contributed by atoms with E-state index in [-0.39, 0.29) is 17.7 Å². The number of nitrogens with two attached hydrogens (primary N) is 1. The van der Waals surface area contributed by atoms with Crippen molar-refractivity contribution in [3.8, 4) is 0 Å². The fourth-order valence-electron chi connectivity index (χ4n) is 2.25. The third-order valence-corrected chi connectivity index (χ3v) is 4.42. The van der Waals surface area contributed by atoms with Crippen LogP contribution in [-0.4, -0.2) is 24.9 Å². The second kappa shape index (κ2) is 5.85. The maximum absolute atomic E-state index is 12.1. The van der Waals surface area contributed by atoms with E-state index in [1.807, 2.05) is 31.2 Å². The number of hydrogen-bond donors (Lipinski definition) is 3. The summed E-state index contributed by atoms with van der Waals surface area (Å²) in [4.78, 5) is 23.6. The maximum atomic E-state index is 12.1. The molecule has 1 atom stereocenters. The van der Waals surface area contributed by atoms with E-state index in [2.05, 4.69) is 10.6 Å². The van der Waals surface area contributed by atoms with Gasteiger partial charge in [-0.15, -0.1) is 0 Å². The van der Waals surface area contributed by atoms with E-state index in [0.29, 0.717) is 5.92 Å². The van der Waals surface area contributed by atoms with Crippen molar-refractivity contribution in [1.82, 2.24) is 5.32 Å². The molecule has 21 heavy (non-hydrogen) atoms. The highest BCUT2D eigenvalue weighted by atomic mass is 16.2. The molecule has 1 aliphatic heterocycles. The average molecular weight is 289 g/mol. The maximum Gasteiger partial charge on any atom is 0.227 e. The van der Waals surface area contributed by atoms with Crippen LogP contribution in [0.3, 0.4) is 0 Å². The van der Waals surface area contributed by atoms with E-state index in [0.717, 1.165) is 24.3 Å². The van der Waals surface area contributed by atoms with Crippen molar-refractivity contribution in [3.05, 3.63) is 29.8 Å². The van der Waals surface area contributed by atoms with Gasteiger partial charge < -0.3 is 16.4 Å². The van der Waals surface area contributed by atoms with Crippen LogP contribution < -0.4 is 16.4 Å². The number of carbonyl (C=O) groups is 2. The number of rotatable bonds is 5. The summed E-state index contributed by atoms with van der Waals surface area (Å²) in [5.74, 6) is 0.0693. The minimum absolute atomic E-state index is 0.00649. The first kappa shape index (κ1) is 15.5. The van der Waals surface area contributed by atoms with Gasteiger partial charge in [-0.3, -0.25) is 9.59 Å². The predicted molar refractivity (Wildman–Crippen MR) is 82.8 cm³/mol. The molecule has 0 bridgehead atoms. The second-order valence-electron chi connectivity index (χ2n) is 6.26. The highest BCUT2D eigenvalue weighted by Gasteiger charge is 2.29. The Labute approximate surface area is 125 Å². The van der Waals surface area contributed by atoms with Crippen molar-refractivity contribution >= 4 is 17.5 Å². The molecule has 2 rings (SSSR count). The fraction of sp³-hybridized carbons (Fsp3) is 0.500. The summed E-state index contributed by atoms with van der Waals surface area (Å²) in [5.41, 5.74) is 6.26. The summed E-state index contributed by atoms with van der Waals surface area (Å²) in [5, 5.41) is 6.09. The van der Waals surface area contributed by atoms with Crippen molar-refractivity contribution in [1.29, 1.82) is 0 Å². The van der Waals surface area contributed by atoms with Crippen LogP contribution >= 0.6 is 0 Å². The average Bonchev–Trinajstić information content (AvgIpc) is 2.37. The van der Waals surface area contributed by atoms with Crippen LogP contribution in [0.2, 0.25) is 0 Å². The van der Waals surface area contributed by atoms with Gasteiger partial charge in [-0.25, -0.2) is 0 Å². The molecule has 1 aliphatic rings. The molecular weight excluding hydrogens is 266 g/mol. The summed E-state index contributed by atoms with van der Waals surface area (Å²) in [6.45, 7) is 7.33. The molecule has 4 N–H and O–H groups in total. The number of hydrogen-bond acceptors (Lipinski definition) is 3. The second-order valence-corrected chi connectivity index (χ2v) is 6.26. The lowest BCUT2D eigenvalue weighted by Crippen LogP contribution is -2.48. The van der Waals surface area contributed by atoms with Gasteiger partial charge in [-0.05, 0) is 50.6 Å². The van der Waals surface area contributed by atoms with Crippen LogP contribution in [0.4, 0.5) is 5.69 Å². The highest BCUT2D eigenvalue weighted by Crippen LogP contribution is 2.25. The van der Waals surface area contributed by atoms with E-state index in [4.69, 9.17) is 5.73 Å². The third kappa shape index (κ3) is 3.24. The molecule has 0 aromatic heterocycles. The molecule has 0 saturated carbocycles. The Hall–Kier alpha value is -1.88. The van der Waals surface area contributed by atoms with Gasteiger partial charge in [0.1, 0.15) is 0 Å². The number of benzene rings is 1. The normalized spacial score (nSPS) is 16.9. The summed E-state index contributed by atoms with van der Waals surface area (Å²) < 4.78 is 0. The standard InChI is InChI=1S/C16H23N3O2/c1-10(11-8-18-9-11)14(20)19-13-6-4-12(5-7-13)16(2,3)15(17)21/h4-7,10-11,18H,8-9H2,1-3H3,(H2,17,21)(H,19,20). The molecule has 0 radical (unpaired) electrons. The van der Waals surface area contributed by atoms with E-state index >= 15 is 0 Å². The molecule has 114 valence electrons. The third-order valence-electron chi connectivity index (χ3n) is 4.42. The molecule has 5 heteroatoms. The zero-order chi connectivity index (χ0) is 15.6. The van der Waals surface area contributed by atoms with Crippen molar-refractivity contribution in [3.63, 3.8) is 0 Å². The smallest absolute Gasteiger partial charge is 0.227 e. The predicted octanol–water partition coefficient (Wildman–Crippen LogP) is 1.24. The Morgan fingerprint density at radius 3 is 2.29 bits per heavy atom. The molecule has 1 aromatic rings. The SMILES string of the molecule is CC(C(=O)Nc1ccc(C(C)(C)C(N)=O)cc1)C1CNC1. The molecule has 5 nitrogen and oxygen atoms in total. The summed E-state index contributed by atoms with van der Waals surface area (Å²) >= 11 is 0. The van der Waals surface area contributed by atoms with Crippen LogP contribution in [0.25, 0.3) is 0 Å². The van der Waals surface area contributed by atoms with Crippen LogP contribution in [-0.2, 0) is 15.0 Å². The topological polar surface area (TPSA) is 84.2 Å². The van der Waals surface area contributed by atoms with Gasteiger partial charge in [0.05, 0.1) is 5.41 Å². The first-order valence-corrected chi connectivity index (χ1v) is 7.24. The first-order chi connectivity index (χ1) is 9.82. The first-order valence-electron chi connectivity index (χ1n) is 7.24. The van der Waals surface area contributed by atoms with Gasteiger partial charge in [-0.2, -0.15) is 0 Å². The molecule has 2 amide bonds. The zero-order valence-corrected chi connectivity index (χ0v) is 12.8. The Kier molecular flexibility index (Phi) is 4.32. The van der Waals surface area contributed by atoms with E-state index in [1.165, 1.54) is 0 Å². The van der Waals surface area contributed by atoms with Gasteiger partial charge in [0, 0.05) is 11.6 Å². The van der Waals surface area contributed by atoms with Crippen LogP contribution in [0.1, 0.15) is 26.3 Å². The largest absolute Gasteiger partial charge is 0.369 e. The van der Waals surface area contributed by atoms with Crippen molar-refractivity contribution in [2.75, 3.05) is 18.4 Å². The molecular formula is C16H23N3O2. The number of primary amides is 1. The Bertz CT molecular complexity index is 533. The van der Waals surface area contributed by atoms with Gasteiger partial charge in [0.25, 0.3) is 0 Å². The zero-order valence-electron chi connectivity index (χ0n) is 12.8. The Balaban J connectivity index is 2.02. The van der Waals surface area contributed by atoms with Gasteiger partial charge in [0.15, 0.2) is 0 Å². The molecule has 1 saturated heterocycles. The highest BCUT2D eigenvalue weighted by molar-refractivity contribution is 5.93.